The lowest BCUT2D eigenvalue weighted by molar-refractivity contribution is -0.0479. The van der Waals surface area contributed by atoms with Crippen LogP contribution in [0.2, 0.25) is 5.28 Å². The van der Waals surface area contributed by atoms with Crippen LogP contribution in [0.4, 0.5) is 5.82 Å². The molecule has 1 saturated heterocycles. The molecule has 32 heavy (non-hydrogen) atoms. The van der Waals surface area contributed by atoms with E-state index in [4.69, 9.17) is 36.4 Å². The van der Waals surface area contributed by atoms with Gasteiger partial charge in [-0.05, 0) is 11.6 Å². The van der Waals surface area contributed by atoms with Crippen molar-refractivity contribution in [2.24, 2.45) is 0 Å². The molecule has 0 saturated carbocycles. The van der Waals surface area contributed by atoms with E-state index in [9.17, 15) is 28.8 Å². The number of aliphatic hydroxyl groups is 2. The summed E-state index contributed by atoms with van der Waals surface area (Å²) in [6.07, 6.45) is -4.44. The highest BCUT2D eigenvalue weighted by Crippen LogP contribution is 2.66. The van der Waals surface area contributed by atoms with E-state index in [-0.39, 0.29) is 22.3 Å². The van der Waals surface area contributed by atoms with Crippen LogP contribution in [0.15, 0.2) is 6.33 Å². The smallest absolute Gasteiger partial charge is 0.387 e. The molecular formula is C10H17BClN5O12P3-. The van der Waals surface area contributed by atoms with Crippen molar-refractivity contribution in [3.8, 4) is 0 Å². The molecule has 2 unspecified atom stereocenters. The first kappa shape index (κ1) is 25.7. The SMILES string of the molecule is [BH3-]P(=O)(OC[C@H]1O[C@@H](n2cnc3c(N)nc(Cl)nc32)[C@H](O)[C@@H]1O)OP(=O)(O)OP(=O)(O)O. The zero-order chi connectivity index (χ0) is 24.1. The number of anilines is 1. The summed E-state index contributed by atoms with van der Waals surface area (Å²) in [5, 5.41) is 20.5. The van der Waals surface area contributed by atoms with Crippen LogP contribution in [-0.4, -0.2) is 76.9 Å². The van der Waals surface area contributed by atoms with Crippen LogP contribution in [0.25, 0.3) is 11.2 Å². The van der Waals surface area contributed by atoms with Crippen molar-refractivity contribution in [1.82, 2.24) is 19.5 Å². The minimum atomic E-state index is -5.42. The van der Waals surface area contributed by atoms with Gasteiger partial charge in [-0.3, -0.25) is 4.57 Å². The van der Waals surface area contributed by atoms with E-state index in [0.717, 1.165) is 0 Å². The van der Waals surface area contributed by atoms with E-state index < -0.39 is 61.8 Å². The molecule has 6 atom stereocenters. The van der Waals surface area contributed by atoms with Gasteiger partial charge in [0, 0.05) is 0 Å². The molecule has 2 aromatic heterocycles. The molecular weight excluding hydrogens is 521 g/mol. The molecule has 1 aliphatic rings. The number of imidazole rings is 1. The predicted octanol–water partition coefficient (Wildman–Crippen LogP) is -1.60. The number of nitrogens with two attached hydrogens (primary N) is 1. The Hall–Kier alpha value is -0.965. The maximum Gasteiger partial charge on any atom is 0.485 e. The van der Waals surface area contributed by atoms with Crippen LogP contribution in [0, 0.1) is 0 Å². The first-order valence-electron chi connectivity index (χ1n) is 7.84. The van der Waals surface area contributed by atoms with E-state index in [1.54, 1.807) is 0 Å². The van der Waals surface area contributed by atoms with Gasteiger partial charge in [0.1, 0.15) is 23.8 Å². The van der Waals surface area contributed by atoms with Crippen molar-refractivity contribution in [3.63, 3.8) is 0 Å². The molecule has 0 amide bonds. The van der Waals surface area contributed by atoms with Crippen molar-refractivity contribution in [1.29, 1.82) is 0 Å². The van der Waals surface area contributed by atoms with Crippen molar-refractivity contribution in [2.75, 3.05) is 12.3 Å². The summed E-state index contributed by atoms with van der Waals surface area (Å²) >= 11 is 5.79. The average Bonchev–Trinajstić information content (AvgIpc) is 3.12. The lowest BCUT2D eigenvalue weighted by Crippen LogP contribution is -2.33. The van der Waals surface area contributed by atoms with Crippen LogP contribution in [-0.2, 0) is 31.6 Å². The number of nitrogens with zero attached hydrogens (tertiary/aromatic N) is 4. The van der Waals surface area contributed by atoms with Gasteiger partial charge in [0.15, 0.2) is 25.2 Å². The highest BCUT2D eigenvalue weighted by atomic mass is 35.5. The Bertz CT molecular complexity index is 1160. The second-order valence-electron chi connectivity index (χ2n) is 5.89. The molecule has 1 fully saturated rings. The number of hydrogen-bond donors (Lipinski definition) is 6. The first-order chi connectivity index (χ1) is 14.6. The van der Waals surface area contributed by atoms with E-state index in [1.165, 1.54) is 10.9 Å². The highest BCUT2D eigenvalue weighted by molar-refractivity contribution is 7.84. The fraction of sp³-hybridized carbons (Fsp3) is 0.500. The van der Waals surface area contributed by atoms with E-state index in [2.05, 4.69) is 23.6 Å². The quantitative estimate of drug-likeness (QED) is 0.125. The number of halogens is 1. The topological polar surface area (TPSA) is 259 Å². The summed E-state index contributed by atoms with van der Waals surface area (Å²) in [5.41, 5.74) is 5.97. The van der Waals surface area contributed by atoms with Gasteiger partial charge in [-0.2, -0.15) is 14.3 Å². The Morgan fingerprint density at radius 1 is 1.19 bits per heavy atom. The summed E-state index contributed by atoms with van der Waals surface area (Å²) in [4.78, 5) is 38.2. The largest absolute Gasteiger partial charge is 0.485 e. The van der Waals surface area contributed by atoms with E-state index in [1.807, 2.05) is 0 Å². The van der Waals surface area contributed by atoms with E-state index in [0.29, 0.717) is 0 Å². The third kappa shape index (κ3) is 5.93. The van der Waals surface area contributed by atoms with Crippen molar-refractivity contribution < 1.29 is 56.5 Å². The Kier molecular flexibility index (Phi) is 7.22. The zero-order valence-electron chi connectivity index (χ0n) is 14.8. The Labute approximate surface area is 184 Å². The van der Waals surface area contributed by atoms with Gasteiger partial charge in [0.2, 0.25) is 5.28 Å². The van der Waals surface area contributed by atoms with Crippen LogP contribution in [0.5, 0.6) is 0 Å². The van der Waals surface area contributed by atoms with Gasteiger partial charge < -0.3 is 44.5 Å². The number of nitrogen functional groups attached to an aromatic ring is 1. The fourth-order valence-corrected chi connectivity index (χ4v) is 5.35. The first-order valence-corrected chi connectivity index (χ1v) is 12.3. The Morgan fingerprint density at radius 3 is 2.47 bits per heavy atom. The molecule has 0 aliphatic carbocycles. The van der Waals surface area contributed by atoms with Gasteiger partial charge >= 0.3 is 15.6 Å². The second kappa shape index (κ2) is 9.00. The lowest BCUT2D eigenvalue weighted by Gasteiger charge is -2.24. The molecule has 2 aromatic rings. The molecule has 17 nitrogen and oxygen atoms in total. The average molecular weight is 538 g/mol. The molecule has 7 N–H and O–H groups in total. The predicted molar refractivity (Wildman–Crippen MR) is 108 cm³/mol. The minimum Gasteiger partial charge on any atom is -0.387 e. The van der Waals surface area contributed by atoms with E-state index >= 15 is 0 Å². The number of fused-ring (bicyclic) bond motifs is 1. The number of aliphatic hydroxyl groups excluding tert-OH is 2. The summed E-state index contributed by atoms with van der Waals surface area (Å²) < 4.78 is 54.2. The molecule has 22 heteroatoms. The Morgan fingerprint density at radius 2 is 1.84 bits per heavy atom. The molecule has 0 spiro atoms. The Balaban J connectivity index is 1.72. The lowest BCUT2D eigenvalue weighted by atomic mass is 10.1. The summed E-state index contributed by atoms with van der Waals surface area (Å²) in [6.45, 7) is -0.671. The number of aromatic nitrogens is 4. The van der Waals surface area contributed by atoms with Crippen LogP contribution in [0.3, 0.4) is 0 Å². The van der Waals surface area contributed by atoms with Crippen molar-refractivity contribution >= 4 is 59.3 Å². The fourth-order valence-electron chi connectivity index (χ4n) is 2.59. The van der Waals surface area contributed by atoms with Crippen LogP contribution in [0.1, 0.15) is 6.23 Å². The number of phosphoric acid groups is 2. The maximum absolute atomic E-state index is 12.4. The zero-order valence-corrected chi connectivity index (χ0v) is 18.2. The van der Waals surface area contributed by atoms with Gasteiger partial charge in [-0.25, -0.2) is 18.4 Å². The molecule has 1 aliphatic heterocycles. The standard InChI is InChI=1S/C10H17BClN5O12P3/c11-30(20,28-32(24,25)29-31(21,22)23)26-1-3-5(18)6(19)9(27-3)17-2-14-4-7(13)15-10(12)16-8(4)17/h2-3,5-6,9,18-19H,1H2,11H3,(H,24,25)(H2,13,15,16)(H2,21,22,23)/q-1/t3-,5-,6-,9-,30?/m1/s1. The van der Waals surface area contributed by atoms with Crippen LogP contribution < -0.4 is 5.73 Å². The van der Waals surface area contributed by atoms with Gasteiger partial charge in [0.05, 0.1) is 20.5 Å². The molecule has 3 heterocycles. The molecule has 0 aromatic carbocycles. The minimum absolute atomic E-state index is 0.0318. The molecule has 0 radical (unpaired) electrons. The highest BCUT2D eigenvalue weighted by Gasteiger charge is 2.45. The molecule has 180 valence electrons. The summed E-state index contributed by atoms with van der Waals surface area (Å²) in [6, 6.07) is 0. The maximum atomic E-state index is 12.4. The number of rotatable bonds is 8. The van der Waals surface area contributed by atoms with Crippen molar-refractivity contribution in [2.45, 2.75) is 24.5 Å². The number of hydrogen-bond acceptors (Lipinski definition) is 13. The molecule has 0 bridgehead atoms. The normalized spacial score (nSPS) is 28.0. The molecule has 3 rings (SSSR count). The van der Waals surface area contributed by atoms with Gasteiger partial charge in [-0.15, -0.1) is 0 Å². The number of ether oxygens (including phenoxy) is 1. The monoisotopic (exact) mass is 538 g/mol. The van der Waals surface area contributed by atoms with Gasteiger partial charge in [-0.1, -0.05) is 0 Å². The van der Waals surface area contributed by atoms with Crippen LogP contribution >= 0.6 is 34.7 Å². The van der Waals surface area contributed by atoms with Crippen molar-refractivity contribution in [3.05, 3.63) is 11.6 Å². The third-order valence-corrected chi connectivity index (χ3v) is 7.32. The summed E-state index contributed by atoms with van der Waals surface area (Å²) in [5.74, 6) is -0.0318. The third-order valence-electron chi connectivity index (χ3n) is 3.76. The summed E-state index contributed by atoms with van der Waals surface area (Å²) in [7, 11) is -16.5. The van der Waals surface area contributed by atoms with Gasteiger partial charge in [0.25, 0.3) is 0 Å². The second-order valence-corrected chi connectivity index (χ2v) is 10.2.